The smallest absolute Gasteiger partial charge is 0.319 e. The van der Waals surface area contributed by atoms with Crippen LogP contribution in [0.4, 0.5) is 14.9 Å². The Morgan fingerprint density at radius 3 is 2.60 bits per heavy atom. The Morgan fingerprint density at radius 2 is 1.90 bits per heavy atom. The van der Waals surface area contributed by atoms with Crippen molar-refractivity contribution < 1.29 is 9.18 Å². The number of benzene rings is 2. The van der Waals surface area contributed by atoms with Gasteiger partial charge in [-0.05, 0) is 61.6 Å². The molecule has 0 radical (unpaired) electrons. The van der Waals surface area contributed by atoms with Crippen molar-refractivity contribution in [3.8, 4) is 0 Å². The molecule has 0 fully saturated rings. The summed E-state index contributed by atoms with van der Waals surface area (Å²) in [5.41, 5.74) is 2.77. The van der Waals surface area contributed by atoms with Crippen molar-refractivity contribution in [3.63, 3.8) is 0 Å². The fraction of sp³-hybridized carbons (Fsp3) is 0.217. The highest BCUT2D eigenvalue weighted by molar-refractivity contribution is 7.98. The molecule has 0 saturated carbocycles. The van der Waals surface area contributed by atoms with Crippen molar-refractivity contribution in [1.29, 1.82) is 0 Å². The largest absolute Gasteiger partial charge is 0.336 e. The first kappa shape index (κ1) is 21.8. The molecule has 2 N–H and O–H groups in total. The first-order valence-electron chi connectivity index (χ1n) is 9.61. The average Bonchev–Trinajstić information content (AvgIpc) is 2.74. The van der Waals surface area contributed by atoms with Gasteiger partial charge in [0.15, 0.2) is 0 Å². The molecule has 2 aromatic carbocycles. The molecule has 0 aliphatic carbocycles. The van der Waals surface area contributed by atoms with Gasteiger partial charge in [0.1, 0.15) is 5.82 Å². The highest BCUT2D eigenvalue weighted by atomic mass is 32.2. The summed E-state index contributed by atoms with van der Waals surface area (Å²) in [6.07, 6.45) is 1.78. The number of amides is 2. The van der Waals surface area contributed by atoms with E-state index in [2.05, 4.69) is 15.6 Å². The first-order valence-corrected chi connectivity index (χ1v) is 10.6. The first-order chi connectivity index (χ1) is 14.5. The predicted octanol–water partition coefficient (Wildman–Crippen LogP) is 4.94. The maximum Gasteiger partial charge on any atom is 0.319 e. The number of carbonyl (C=O) groups excluding carboxylic acids is 1. The molecule has 30 heavy (non-hydrogen) atoms. The van der Waals surface area contributed by atoms with E-state index in [1.807, 2.05) is 61.5 Å². The van der Waals surface area contributed by atoms with Gasteiger partial charge >= 0.3 is 6.03 Å². The molecule has 1 unspecified atom stereocenters. The van der Waals surface area contributed by atoms with Gasteiger partial charge in [0, 0.05) is 24.2 Å². The topological polar surface area (TPSA) is 57.3 Å². The number of rotatable bonds is 8. The van der Waals surface area contributed by atoms with Gasteiger partial charge in [-0.2, -0.15) is 0 Å². The Bertz CT molecular complexity index is 951. The summed E-state index contributed by atoms with van der Waals surface area (Å²) >= 11 is 1.65. The number of carbonyl (C=O) groups is 1. The molecule has 5 nitrogen and oxygen atoms in total. The number of nitrogens with one attached hydrogen (secondary N) is 2. The average molecular weight is 425 g/mol. The van der Waals surface area contributed by atoms with E-state index in [0.29, 0.717) is 6.54 Å². The lowest BCUT2D eigenvalue weighted by atomic mass is 10.1. The third-order valence-corrected chi connectivity index (χ3v) is 5.56. The molecule has 1 heterocycles. The van der Waals surface area contributed by atoms with Crippen molar-refractivity contribution in [2.75, 3.05) is 26.0 Å². The van der Waals surface area contributed by atoms with Crippen LogP contribution in [0.2, 0.25) is 0 Å². The number of pyridine rings is 1. The van der Waals surface area contributed by atoms with Gasteiger partial charge < -0.3 is 15.5 Å². The molecule has 0 bridgehead atoms. The summed E-state index contributed by atoms with van der Waals surface area (Å²) in [6.45, 7) is 0.402. The van der Waals surface area contributed by atoms with Crippen LogP contribution in [0.15, 0.2) is 78.0 Å². The van der Waals surface area contributed by atoms with Gasteiger partial charge in [-0.15, -0.1) is 11.8 Å². The molecule has 156 valence electrons. The lowest BCUT2D eigenvalue weighted by molar-refractivity contribution is 0.243. The van der Waals surface area contributed by atoms with E-state index in [1.165, 1.54) is 12.1 Å². The predicted molar refractivity (Wildman–Crippen MR) is 120 cm³/mol. The number of hydrogen-bond acceptors (Lipinski definition) is 4. The van der Waals surface area contributed by atoms with Gasteiger partial charge in [-0.1, -0.05) is 30.3 Å². The van der Waals surface area contributed by atoms with Gasteiger partial charge in [0.25, 0.3) is 0 Å². The van der Waals surface area contributed by atoms with Crippen LogP contribution in [-0.4, -0.2) is 36.6 Å². The van der Waals surface area contributed by atoms with Crippen LogP contribution in [-0.2, 0) is 5.75 Å². The second-order valence-electron chi connectivity index (χ2n) is 7.02. The standard InChI is InChI=1S/C23H25FN4OS/c1-28(2)21(18-9-11-19(24)12-10-18)15-26-23(29)27-20-7-5-6-17(14-20)16-30-22-8-3-4-13-25-22/h3-14,21H,15-16H2,1-2H3,(H2,26,27,29). The molecule has 3 rings (SSSR count). The summed E-state index contributed by atoms with van der Waals surface area (Å²) < 4.78 is 13.2. The number of urea groups is 1. The molecule has 0 aliphatic heterocycles. The maximum absolute atomic E-state index is 13.2. The summed E-state index contributed by atoms with van der Waals surface area (Å²) in [5, 5.41) is 6.75. The van der Waals surface area contributed by atoms with Gasteiger partial charge in [0.2, 0.25) is 0 Å². The van der Waals surface area contributed by atoms with E-state index in [1.54, 1.807) is 30.1 Å². The number of aromatic nitrogens is 1. The minimum atomic E-state index is -0.279. The Balaban J connectivity index is 1.54. The van der Waals surface area contributed by atoms with Gasteiger partial charge in [-0.3, -0.25) is 0 Å². The number of nitrogens with zero attached hydrogens (tertiary/aromatic N) is 2. The summed E-state index contributed by atoms with van der Waals surface area (Å²) in [7, 11) is 3.85. The van der Waals surface area contributed by atoms with Crippen molar-refractivity contribution in [1.82, 2.24) is 15.2 Å². The number of hydrogen-bond donors (Lipinski definition) is 2. The molecule has 1 atom stereocenters. The lowest BCUT2D eigenvalue weighted by Crippen LogP contribution is -2.36. The zero-order chi connectivity index (χ0) is 21.3. The highest BCUT2D eigenvalue weighted by Gasteiger charge is 2.15. The van der Waals surface area contributed by atoms with Crippen LogP contribution < -0.4 is 10.6 Å². The van der Waals surface area contributed by atoms with Gasteiger partial charge in [0.05, 0.1) is 11.1 Å². The number of halogens is 1. The Labute approximate surface area is 180 Å². The van der Waals surface area contributed by atoms with E-state index in [4.69, 9.17) is 0 Å². The zero-order valence-electron chi connectivity index (χ0n) is 17.0. The Morgan fingerprint density at radius 1 is 1.10 bits per heavy atom. The number of likely N-dealkylation sites (N-methyl/N-ethyl adjacent to an activating group) is 1. The fourth-order valence-electron chi connectivity index (χ4n) is 2.98. The van der Waals surface area contributed by atoms with E-state index in [0.717, 1.165) is 27.6 Å². The van der Waals surface area contributed by atoms with Crippen molar-refractivity contribution >= 4 is 23.5 Å². The van der Waals surface area contributed by atoms with Crippen LogP contribution in [0, 0.1) is 5.82 Å². The van der Waals surface area contributed by atoms with Crippen molar-refractivity contribution in [3.05, 3.63) is 89.9 Å². The summed E-state index contributed by atoms with van der Waals surface area (Å²) in [4.78, 5) is 18.7. The molecule has 0 spiro atoms. The van der Waals surface area contributed by atoms with Crippen molar-refractivity contribution in [2.45, 2.75) is 16.8 Å². The fourth-order valence-corrected chi connectivity index (χ4v) is 3.78. The quantitative estimate of drug-likeness (QED) is 0.503. The molecular formula is C23H25FN4OS. The van der Waals surface area contributed by atoms with E-state index in [9.17, 15) is 9.18 Å². The minimum Gasteiger partial charge on any atom is -0.336 e. The number of thioether (sulfide) groups is 1. The third-order valence-electron chi connectivity index (χ3n) is 4.54. The number of anilines is 1. The zero-order valence-corrected chi connectivity index (χ0v) is 17.8. The van der Waals surface area contributed by atoms with Crippen LogP contribution in [0.1, 0.15) is 17.2 Å². The van der Waals surface area contributed by atoms with E-state index < -0.39 is 0 Å². The van der Waals surface area contributed by atoms with Crippen LogP contribution >= 0.6 is 11.8 Å². The lowest BCUT2D eigenvalue weighted by Gasteiger charge is -2.25. The van der Waals surface area contributed by atoms with Crippen LogP contribution in [0.25, 0.3) is 0 Å². The second-order valence-corrected chi connectivity index (χ2v) is 8.02. The normalized spacial score (nSPS) is 11.9. The molecule has 0 aliphatic rings. The SMILES string of the molecule is CN(C)C(CNC(=O)Nc1cccc(CSc2ccccn2)c1)c1ccc(F)cc1. The summed E-state index contributed by atoms with van der Waals surface area (Å²) in [6, 6.07) is 19.6. The Hall–Kier alpha value is -2.90. The second kappa shape index (κ2) is 10.8. The molecule has 2 amide bonds. The van der Waals surface area contributed by atoms with Crippen LogP contribution in [0.3, 0.4) is 0 Å². The molecule has 7 heteroatoms. The Kier molecular flexibility index (Phi) is 7.82. The molecular weight excluding hydrogens is 399 g/mol. The summed E-state index contributed by atoms with van der Waals surface area (Å²) in [5.74, 6) is 0.490. The highest BCUT2D eigenvalue weighted by Crippen LogP contribution is 2.22. The van der Waals surface area contributed by atoms with Crippen LogP contribution in [0.5, 0.6) is 0 Å². The third kappa shape index (κ3) is 6.57. The van der Waals surface area contributed by atoms with E-state index in [-0.39, 0.29) is 17.9 Å². The molecule has 1 aromatic heterocycles. The minimum absolute atomic E-state index is 0.0579. The van der Waals surface area contributed by atoms with Crippen molar-refractivity contribution in [2.24, 2.45) is 0 Å². The maximum atomic E-state index is 13.2. The molecule has 0 saturated heterocycles. The van der Waals surface area contributed by atoms with E-state index >= 15 is 0 Å². The molecule has 3 aromatic rings. The monoisotopic (exact) mass is 424 g/mol. The van der Waals surface area contributed by atoms with Gasteiger partial charge in [-0.25, -0.2) is 14.2 Å².